The lowest BCUT2D eigenvalue weighted by molar-refractivity contribution is -0.154. The van der Waals surface area contributed by atoms with Crippen molar-refractivity contribution in [3.63, 3.8) is 0 Å². The fourth-order valence-corrected chi connectivity index (χ4v) is 7.33. The molecule has 70 heavy (non-hydrogen) atoms. The molecule has 0 rings (SSSR count). The summed E-state index contributed by atoms with van der Waals surface area (Å²) in [5, 5.41) is 0. The number of rotatable bonds is 49. The maximum Gasteiger partial charge on any atom is 0.472 e. The molecule has 0 radical (unpaired) electrons. The van der Waals surface area contributed by atoms with Crippen molar-refractivity contribution in [2.24, 2.45) is 5.73 Å². The van der Waals surface area contributed by atoms with Gasteiger partial charge in [0.1, 0.15) is 6.10 Å². The molecule has 3 N–H and O–H groups in total. The smallest absolute Gasteiger partial charge is 0.457 e. The van der Waals surface area contributed by atoms with Crippen LogP contribution < -0.4 is 5.73 Å². The normalized spacial score (nSPS) is 14.5. The third-order valence-electron chi connectivity index (χ3n) is 10.4. The Kier molecular flexibility index (Phi) is 52.9. The fourth-order valence-electron chi connectivity index (χ4n) is 6.57. The number of esters is 1. The van der Waals surface area contributed by atoms with E-state index in [-0.39, 0.29) is 38.8 Å². The molecule has 0 fully saturated rings. The Labute approximate surface area is 428 Å². The average molecular weight is 988 g/mol. The summed E-state index contributed by atoms with van der Waals surface area (Å²) in [4.78, 5) is 22.6. The van der Waals surface area contributed by atoms with Crippen LogP contribution in [0.25, 0.3) is 0 Å². The van der Waals surface area contributed by atoms with E-state index in [1.54, 1.807) is 0 Å². The number of hydrogen-bond donors (Lipinski definition) is 2. The van der Waals surface area contributed by atoms with Gasteiger partial charge in [0.25, 0.3) is 0 Å². The van der Waals surface area contributed by atoms with Gasteiger partial charge >= 0.3 is 13.8 Å². The van der Waals surface area contributed by atoms with Crippen molar-refractivity contribution in [1.82, 2.24) is 0 Å². The number of phosphoric ester groups is 1. The zero-order valence-electron chi connectivity index (χ0n) is 43.9. The van der Waals surface area contributed by atoms with Crippen LogP contribution in [-0.4, -0.2) is 49.9 Å². The van der Waals surface area contributed by atoms with Crippen LogP contribution in [0, 0.1) is 0 Å². The van der Waals surface area contributed by atoms with Gasteiger partial charge in [0.15, 0.2) is 0 Å². The molecule has 0 spiro atoms. The first kappa shape index (κ1) is 66.1. The quantitative estimate of drug-likeness (QED) is 0.0268. The Morgan fingerprint density at radius 2 is 0.757 bits per heavy atom. The van der Waals surface area contributed by atoms with E-state index in [9.17, 15) is 14.3 Å². The van der Waals surface area contributed by atoms with Crippen molar-refractivity contribution in [3.05, 3.63) is 158 Å². The topological polar surface area (TPSA) is 117 Å². The Balaban J connectivity index is 4.10. The van der Waals surface area contributed by atoms with E-state index in [1.165, 1.54) is 25.7 Å². The van der Waals surface area contributed by atoms with Crippen molar-refractivity contribution >= 4 is 13.8 Å². The van der Waals surface area contributed by atoms with Gasteiger partial charge in [-0.25, -0.2) is 4.57 Å². The van der Waals surface area contributed by atoms with Crippen LogP contribution in [0.15, 0.2) is 158 Å². The van der Waals surface area contributed by atoms with Gasteiger partial charge in [-0.15, -0.1) is 0 Å². The van der Waals surface area contributed by atoms with Crippen LogP contribution in [0.4, 0.5) is 0 Å². The van der Waals surface area contributed by atoms with Gasteiger partial charge in [0.2, 0.25) is 0 Å². The molecule has 0 saturated heterocycles. The van der Waals surface area contributed by atoms with E-state index in [1.807, 2.05) is 0 Å². The van der Waals surface area contributed by atoms with Gasteiger partial charge < -0.3 is 20.1 Å². The molecule has 0 aliphatic carbocycles. The molecule has 0 aliphatic heterocycles. The predicted molar refractivity (Wildman–Crippen MR) is 302 cm³/mol. The van der Waals surface area contributed by atoms with Crippen molar-refractivity contribution in [1.29, 1.82) is 0 Å². The molecule has 0 aromatic rings. The second-order valence-electron chi connectivity index (χ2n) is 17.0. The highest BCUT2D eigenvalue weighted by Crippen LogP contribution is 2.43. The molecule has 8 nitrogen and oxygen atoms in total. The first-order valence-electron chi connectivity index (χ1n) is 27.0. The van der Waals surface area contributed by atoms with Gasteiger partial charge in [0, 0.05) is 19.6 Å². The van der Waals surface area contributed by atoms with Gasteiger partial charge in [-0.2, -0.15) is 0 Å². The zero-order chi connectivity index (χ0) is 50.8. The molecule has 0 heterocycles. The maximum absolute atomic E-state index is 12.7. The molecule has 394 valence electrons. The van der Waals surface area contributed by atoms with Crippen LogP contribution in [0.5, 0.6) is 0 Å². The third kappa shape index (κ3) is 55.1. The fraction of sp³-hybridized carbons (Fsp3) is 0.557. The van der Waals surface area contributed by atoms with E-state index < -0.39 is 13.9 Å². The number of hydrogen-bond acceptors (Lipinski definition) is 7. The van der Waals surface area contributed by atoms with E-state index in [0.717, 1.165) is 128 Å². The van der Waals surface area contributed by atoms with Crippen molar-refractivity contribution in [3.8, 4) is 0 Å². The number of carbonyl (C=O) groups excluding carboxylic acids is 1. The van der Waals surface area contributed by atoms with Gasteiger partial charge in [-0.1, -0.05) is 210 Å². The molecule has 0 aromatic carbocycles. The summed E-state index contributed by atoms with van der Waals surface area (Å²) in [5.41, 5.74) is 5.39. The SMILES string of the molecule is CC/C=C\C/C=C\C/C=C\C/C=C\C/C=C\C/C=C\C/C=C\CCCCCC(=O)OC(COCCCCCCCCC/C=C\C/C=C\C/C=C\C/C=C\C/C=C\C/C=C\CC)COP(=O)(O)OCCN. The largest absolute Gasteiger partial charge is 0.472 e. The predicted octanol–water partition coefficient (Wildman–Crippen LogP) is 17.4. The molecular formula is C61H98NO7P. The van der Waals surface area contributed by atoms with Crippen molar-refractivity contribution < 1.29 is 32.8 Å². The van der Waals surface area contributed by atoms with Gasteiger partial charge in [0.05, 0.1) is 19.8 Å². The second-order valence-corrected chi connectivity index (χ2v) is 18.4. The van der Waals surface area contributed by atoms with E-state index in [4.69, 9.17) is 24.3 Å². The van der Waals surface area contributed by atoms with Crippen molar-refractivity contribution in [2.45, 2.75) is 187 Å². The highest BCUT2D eigenvalue weighted by molar-refractivity contribution is 7.47. The van der Waals surface area contributed by atoms with Crippen LogP contribution in [0.3, 0.4) is 0 Å². The molecular weight excluding hydrogens is 890 g/mol. The molecule has 0 aliphatic rings. The highest BCUT2D eigenvalue weighted by atomic mass is 31.2. The zero-order valence-corrected chi connectivity index (χ0v) is 44.8. The number of phosphoric acid groups is 1. The standard InChI is InChI=1S/C61H98NO7P/c1-3-5-7-9-11-13-15-17-19-21-23-25-27-29-31-33-35-37-39-41-43-45-47-49-51-53-56-66-58-60(59-68-70(64,65)67-57-55-62)69-61(63)54-52-50-48-46-44-42-40-38-36-34-32-30-28-26-24-22-20-18-16-14-12-10-8-6-4-2/h5-8,11-14,17-20,23-26,29-32,35-38,42,44,60H,3-4,9-10,15-16,21-22,27-28,33-34,39-41,43,45-59,62H2,1-2H3,(H,64,65)/b7-5-,8-6-,13-11-,14-12-,19-17-,20-18-,25-23-,26-24-,31-29-,32-30-,37-35-,38-36-,44-42-. The van der Waals surface area contributed by atoms with E-state index >= 15 is 0 Å². The van der Waals surface area contributed by atoms with Crippen LogP contribution in [0.1, 0.15) is 181 Å². The first-order chi connectivity index (χ1) is 34.4. The lowest BCUT2D eigenvalue weighted by Crippen LogP contribution is -2.28. The highest BCUT2D eigenvalue weighted by Gasteiger charge is 2.25. The number of nitrogens with two attached hydrogens (primary N) is 1. The summed E-state index contributed by atoms with van der Waals surface area (Å²) < 4.78 is 33.6. The third-order valence-corrected chi connectivity index (χ3v) is 11.4. The minimum atomic E-state index is -4.31. The molecule has 0 amide bonds. The van der Waals surface area contributed by atoms with Gasteiger partial charge in [-0.05, 0) is 122 Å². The molecule has 0 aromatic heterocycles. The van der Waals surface area contributed by atoms with Crippen LogP contribution in [0.2, 0.25) is 0 Å². The molecule has 2 unspecified atom stereocenters. The Morgan fingerprint density at radius 1 is 0.429 bits per heavy atom. The summed E-state index contributed by atoms with van der Waals surface area (Å²) in [5.74, 6) is -0.373. The summed E-state index contributed by atoms with van der Waals surface area (Å²) in [7, 11) is -4.31. The molecule has 0 bridgehead atoms. The molecule has 9 heteroatoms. The Bertz CT molecular complexity index is 1630. The molecule has 0 saturated carbocycles. The summed E-state index contributed by atoms with van der Waals surface area (Å²) in [6.07, 6.45) is 82.8. The molecule has 2 atom stereocenters. The number of ether oxygens (including phenoxy) is 2. The summed E-state index contributed by atoms with van der Waals surface area (Å²) in [6.45, 7) is 4.58. The minimum Gasteiger partial charge on any atom is -0.457 e. The maximum atomic E-state index is 12.7. The lowest BCUT2D eigenvalue weighted by Gasteiger charge is -2.20. The monoisotopic (exact) mass is 988 g/mol. The second kappa shape index (κ2) is 56.0. The first-order valence-corrected chi connectivity index (χ1v) is 28.5. The van der Waals surface area contributed by atoms with Crippen molar-refractivity contribution in [2.75, 3.05) is 33.0 Å². The van der Waals surface area contributed by atoms with Crippen LogP contribution in [-0.2, 0) is 27.9 Å². The Hall–Kier alpha value is -3.88. The number of allylic oxidation sites excluding steroid dienone is 26. The summed E-state index contributed by atoms with van der Waals surface area (Å²) >= 11 is 0. The summed E-state index contributed by atoms with van der Waals surface area (Å²) in [6, 6.07) is 0. The van der Waals surface area contributed by atoms with Crippen LogP contribution >= 0.6 is 7.82 Å². The number of carbonyl (C=O) groups is 1. The average Bonchev–Trinajstić information content (AvgIpc) is 3.35. The number of unbranched alkanes of at least 4 members (excludes halogenated alkanes) is 10. The lowest BCUT2D eigenvalue weighted by atomic mass is 10.1. The van der Waals surface area contributed by atoms with E-state index in [2.05, 4.69) is 172 Å². The van der Waals surface area contributed by atoms with E-state index in [0.29, 0.717) is 13.0 Å². The van der Waals surface area contributed by atoms with Gasteiger partial charge in [-0.3, -0.25) is 13.8 Å². The minimum absolute atomic E-state index is 0.0821. The Morgan fingerprint density at radius 3 is 1.13 bits per heavy atom.